The van der Waals surface area contributed by atoms with Crippen molar-refractivity contribution in [2.75, 3.05) is 5.73 Å². The van der Waals surface area contributed by atoms with E-state index >= 15 is 0 Å². The lowest BCUT2D eigenvalue weighted by atomic mass is 10.3. The molecule has 1 rings (SSSR count). The van der Waals surface area contributed by atoms with Crippen LogP contribution in [0.5, 0.6) is 0 Å². The van der Waals surface area contributed by atoms with E-state index in [0.29, 0.717) is 17.1 Å². The smallest absolute Gasteiger partial charge is 0.332 e. The minimum atomic E-state index is -0.604. The molecule has 0 spiro atoms. The molecule has 7 heteroatoms. The van der Waals surface area contributed by atoms with Gasteiger partial charge in [-0.3, -0.25) is 4.79 Å². The van der Waals surface area contributed by atoms with Crippen LogP contribution in [0.2, 0.25) is 0 Å². The fourth-order valence-corrected chi connectivity index (χ4v) is 1.20. The Kier molecular flexibility index (Phi) is 3.29. The zero-order valence-corrected chi connectivity index (χ0v) is 8.08. The van der Waals surface area contributed by atoms with Gasteiger partial charge in [0.1, 0.15) is 5.69 Å². The lowest BCUT2D eigenvalue weighted by Crippen LogP contribution is -2.05. The molecule has 1 aromatic rings. The minimum absolute atomic E-state index is 0.0619. The molecule has 0 fully saturated rings. The molecule has 6 nitrogen and oxygen atoms in total. The first-order valence-corrected chi connectivity index (χ1v) is 4.43. The Hall–Kier alpha value is -1.76. The van der Waals surface area contributed by atoms with Gasteiger partial charge < -0.3 is 10.6 Å². The summed E-state index contributed by atoms with van der Waals surface area (Å²) in [6.45, 7) is 1.18. The number of oxime groups is 1. The standard InChI is InChI=1S/C7H7N3O3S/c1-4(12)13-10-5(2-11)6-3-14-7(8)9-6/h2-3H,1H3,(H2,8,9)/b10-5+. The number of aromatic nitrogens is 1. The zero-order valence-electron chi connectivity index (χ0n) is 7.26. The van der Waals surface area contributed by atoms with E-state index in [1.54, 1.807) is 5.38 Å². The van der Waals surface area contributed by atoms with Gasteiger partial charge in [0.05, 0.1) is 0 Å². The van der Waals surface area contributed by atoms with Crippen molar-refractivity contribution in [1.29, 1.82) is 0 Å². The lowest BCUT2D eigenvalue weighted by Gasteiger charge is -1.92. The number of carbonyl (C=O) groups excluding carboxylic acids is 2. The second-order valence-corrected chi connectivity index (χ2v) is 3.14. The molecule has 1 heterocycles. The largest absolute Gasteiger partial charge is 0.375 e. The third-order valence-electron chi connectivity index (χ3n) is 1.17. The van der Waals surface area contributed by atoms with Crippen molar-refractivity contribution in [3.8, 4) is 0 Å². The summed E-state index contributed by atoms with van der Waals surface area (Å²) < 4.78 is 0. The van der Waals surface area contributed by atoms with Crippen molar-refractivity contribution >= 4 is 34.4 Å². The summed E-state index contributed by atoms with van der Waals surface area (Å²) in [7, 11) is 0. The van der Waals surface area contributed by atoms with Gasteiger partial charge in [-0.1, -0.05) is 5.16 Å². The third-order valence-corrected chi connectivity index (χ3v) is 1.84. The van der Waals surface area contributed by atoms with Gasteiger partial charge in [0.25, 0.3) is 0 Å². The Bertz CT molecular complexity index is 385. The molecule has 0 aliphatic carbocycles. The summed E-state index contributed by atoms with van der Waals surface area (Å²) in [5.74, 6) is -0.604. The molecule has 0 amide bonds. The number of anilines is 1. The second kappa shape index (κ2) is 4.47. The SMILES string of the molecule is CC(=O)O/N=C(\C=O)c1csc(N)n1. The molecular weight excluding hydrogens is 206 g/mol. The van der Waals surface area contributed by atoms with Crippen molar-refractivity contribution in [1.82, 2.24) is 4.98 Å². The first-order chi connectivity index (χ1) is 6.63. The summed E-state index contributed by atoms with van der Waals surface area (Å²) in [6, 6.07) is 0. The van der Waals surface area contributed by atoms with Crippen LogP contribution in [-0.4, -0.2) is 23.0 Å². The van der Waals surface area contributed by atoms with Crippen LogP contribution in [-0.2, 0) is 14.4 Å². The minimum Gasteiger partial charge on any atom is -0.375 e. The summed E-state index contributed by atoms with van der Waals surface area (Å²) >= 11 is 1.17. The van der Waals surface area contributed by atoms with Gasteiger partial charge in [-0.25, -0.2) is 9.78 Å². The molecule has 14 heavy (non-hydrogen) atoms. The predicted octanol–water partition coefficient (Wildman–Crippen LogP) is 0.191. The van der Waals surface area contributed by atoms with Crippen LogP contribution in [0.4, 0.5) is 5.13 Å². The summed E-state index contributed by atoms with van der Waals surface area (Å²) in [5.41, 5.74) is 5.59. The molecule has 0 unspecified atom stereocenters. The Balaban J connectivity index is 2.86. The maximum Gasteiger partial charge on any atom is 0.332 e. The molecule has 0 aliphatic heterocycles. The van der Waals surface area contributed by atoms with Crippen molar-refractivity contribution in [3.05, 3.63) is 11.1 Å². The molecule has 0 saturated carbocycles. The van der Waals surface area contributed by atoms with Crippen molar-refractivity contribution in [2.24, 2.45) is 5.16 Å². The van der Waals surface area contributed by atoms with Crippen LogP contribution in [0.15, 0.2) is 10.5 Å². The number of carbonyl (C=O) groups is 2. The highest BCUT2D eigenvalue weighted by Gasteiger charge is 2.07. The van der Waals surface area contributed by atoms with E-state index in [0.717, 1.165) is 0 Å². The third kappa shape index (κ3) is 2.63. The van der Waals surface area contributed by atoms with E-state index in [4.69, 9.17) is 5.73 Å². The number of nitrogens with two attached hydrogens (primary N) is 1. The summed E-state index contributed by atoms with van der Waals surface area (Å²) in [6.07, 6.45) is 0.442. The molecule has 0 aliphatic rings. The van der Waals surface area contributed by atoms with Crippen molar-refractivity contribution in [2.45, 2.75) is 6.92 Å². The van der Waals surface area contributed by atoms with Crippen LogP contribution in [0.1, 0.15) is 12.6 Å². The van der Waals surface area contributed by atoms with Gasteiger partial charge in [0.15, 0.2) is 17.1 Å². The van der Waals surface area contributed by atoms with Crippen LogP contribution >= 0.6 is 11.3 Å². The van der Waals surface area contributed by atoms with Crippen molar-refractivity contribution < 1.29 is 14.4 Å². The molecule has 0 atom stereocenters. The normalized spacial score (nSPS) is 11.1. The number of hydrogen-bond donors (Lipinski definition) is 1. The summed E-state index contributed by atoms with van der Waals surface area (Å²) in [5, 5.41) is 5.18. The van der Waals surface area contributed by atoms with Crippen LogP contribution in [0.3, 0.4) is 0 Å². The van der Waals surface area contributed by atoms with Crippen molar-refractivity contribution in [3.63, 3.8) is 0 Å². The Morgan fingerprint density at radius 2 is 2.50 bits per heavy atom. The first-order valence-electron chi connectivity index (χ1n) is 3.55. The fourth-order valence-electron chi connectivity index (χ4n) is 0.647. The first kappa shape index (κ1) is 10.3. The Morgan fingerprint density at radius 1 is 1.79 bits per heavy atom. The lowest BCUT2D eigenvalue weighted by molar-refractivity contribution is -0.140. The van der Waals surface area contributed by atoms with Gasteiger partial charge in [-0.2, -0.15) is 0 Å². The van der Waals surface area contributed by atoms with Gasteiger partial charge in [0, 0.05) is 12.3 Å². The average Bonchev–Trinajstić information content (AvgIpc) is 2.53. The molecule has 0 aromatic carbocycles. The Morgan fingerprint density at radius 3 is 2.93 bits per heavy atom. The molecule has 74 valence electrons. The summed E-state index contributed by atoms with van der Waals surface area (Å²) in [4.78, 5) is 29.0. The van der Waals surface area contributed by atoms with Crippen LogP contribution in [0, 0.1) is 0 Å². The highest BCUT2D eigenvalue weighted by atomic mass is 32.1. The van der Waals surface area contributed by atoms with Crippen LogP contribution < -0.4 is 5.73 Å². The topological polar surface area (TPSA) is 94.6 Å². The zero-order chi connectivity index (χ0) is 10.6. The van der Waals surface area contributed by atoms with E-state index in [9.17, 15) is 9.59 Å². The average molecular weight is 213 g/mol. The number of hydrogen-bond acceptors (Lipinski definition) is 7. The molecule has 1 aromatic heterocycles. The molecule has 0 radical (unpaired) electrons. The monoisotopic (exact) mass is 213 g/mol. The highest BCUT2D eigenvalue weighted by molar-refractivity contribution is 7.13. The number of rotatable bonds is 3. The van der Waals surface area contributed by atoms with E-state index in [1.807, 2.05) is 0 Å². The molecule has 0 saturated heterocycles. The van der Waals surface area contributed by atoms with E-state index in [1.165, 1.54) is 18.3 Å². The van der Waals surface area contributed by atoms with Gasteiger partial charge >= 0.3 is 5.97 Å². The Labute approximate surface area is 83.4 Å². The fraction of sp³-hybridized carbons (Fsp3) is 0.143. The van der Waals surface area contributed by atoms with E-state index in [-0.39, 0.29) is 5.71 Å². The predicted molar refractivity (Wildman–Crippen MR) is 50.9 cm³/mol. The quantitative estimate of drug-likeness (QED) is 0.335. The van der Waals surface area contributed by atoms with E-state index < -0.39 is 5.97 Å². The van der Waals surface area contributed by atoms with Gasteiger partial charge in [0.2, 0.25) is 0 Å². The van der Waals surface area contributed by atoms with Gasteiger partial charge in [-0.05, 0) is 0 Å². The van der Waals surface area contributed by atoms with Gasteiger partial charge in [-0.15, -0.1) is 11.3 Å². The second-order valence-electron chi connectivity index (χ2n) is 2.25. The number of thiazole rings is 1. The number of aldehydes is 1. The maximum atomic E-state index is 10.5. The molecule has 0 bridgehead atoms. The highest BCUT2D eigenvalue weighted by Crippen LogP contribution is 2.11. The maximum absolute atomic E-state index is 10.5. The molecular formula is C7H7N3O3S. The van der Waals surface area contributed by atoms with Crippen LogP contribution in [0.25, 0.3) is 0 Å². The van der Waals surface area contributed by atoms with E-state index in [2.05, 4.69) is 15.0 Å². The number of nitrogens with zero attached hydrogens (tertiary/aromatic N) is 2. The molecule has 2 N–H and O–H groups in total. The number of nitrogen functional groups attached to an aromatic ring is 1.